The van der Waals surface area contributed by atoms with Crippen molar-refractivity contribution in [2.24, 2.45) is 0 Å². The second-order valence-corrected chi connectivity index (χ2v) is 7.62. The molecule has 3 rings (SSSR count). The third kappa shape index (κ3) is 4.60. The fourth-order valence-electron chi connectivity index (χ4n) is 2.91. The molecule has 2 aromatic carbocycles. The monoisotopic (exact) mass is 452 g/mol. The summed E-state index contributed by atoms with van der Waals surface area (Å²) in [6.45, 7) is 0. The quantitative estimate of drug-likeness (QED) is 0.586. The SMILES string of the molecule is CN(C(=O)c1cc(Oc2c(Cl)cc(NC(=O)C(=O)O)cc2Cl)ccc1O)C1CCC1. The lowest BCUT2D eigenvalue weighted by Gasteiger charge is -2.34. The van der Waals surface area contributed by atoms with Crippen molar-refractivity contribution >= 4 is 46.7 Å². The van der Waals surface area contributed by atoms with Crippen LogP contribution in [-0.2, 0) is 9.59 Å². The molecule has 0 heterocycles. The number of amides is 2. The number of carbonyl (C=O) groups excluding carboxylic acids is 2. The first kappa shape index (κ1) is 21.7. The fourth-order valence-corrected chi connectivity index (χ4v) is 3.48. The van der Waals surface area contributed by atoms with Crippen molar-refractivity contribution in [1.82, 2.24) is 4.90 Å². The minimum Gasteiger partial charge on any atom is -0.507 e. The molecule has 0 spiro atoms. The topological polar surface area (TPSA) is 116 Å². The summed E-state index contributed by atoms with van der Waals surface area (Å²) in [5.41, 5.74) is 0.160. The fraction of sp³-hybridized carbons (Fsp3) is 0.250. The molecular weight excluding hydrogens is 435 g/mol. The number of phenolic OH excluding ortho intramolecular Hbond substituents is 1. The number of carboxylic acids is 1. The second-order valence-electron chi connectivity index (χ2n) is 6.81. The van der Waals surface area contributed by atoms with E-state index in [0.29, 0.717) is 0 Å². The Morgan fingerprint density at radius 2 is 1.77 bits per heavy atom. The number of nitrogens with zero attached hydrogens (tertiary/aromatic N) is 1. The van der Waals surface area contributed by atoms with E-state index >= 15 is 0 Å². The Hall–Kier alpha value is -2.97. The van der Waals surface area contributed by atoms with Gasteiger partial charge >= 0.3 is 11.9 Å². The van der Waals surface area contributed by atoms with Gasteiger partial charge in [-0.1, -0.05) is 23.2 Å². The van der Waals surface area contributed by atoms with Crippen LogP contribution in [0.2, 0.25) is 10.0 Å². The van der Waals surface area contributed by atoms with Gasteiger partial charge in [-0.15, -0.1) is 0 Å². The van der Waals surface area contributed by atoms with E-state index in [0.717, 1.165) is 19.3 Å². The summed E-state index contributed by atoms with van der Waals surface area (Å²) in [7, 11) is 1.69. The summed E-state index contributed by atoms with van der Waals surface area (Å²) in [6, 6.07) is 6.88. The number of ether oxygens (including phenoxy) is 1. The van der Waals surface area contributed by atoms with Gasteiger partial charge in [0.2, 0.25) is 0 Å². The Balaban J connectivity index is 1.83. The molecule has 3 N–H and O–H groups in total. The normalized spacial score (nSPS) is 13.3. The van der Waals surface area contributed by atoms with Crippen LogP contribution in [0.4, 0.5) is 5.69 Å². The van der Waals surface area contributed by atoms with Crippen LogP contribution >= 0.6 is 23.2 Å². The highest BCUT2D eigenvalue weighted by atomic mass is 35.5. The third-order valence-corrected chi connectivity index (χ3v) is 5.37. The molecule has 1 saturated carbocycles. The molecular formula is C20H18Cl2N2O6. The summed E-state index contributed by atoms with van der Waals surface area (Å²) >= 11 is 12.3. The van der Waals surface area contributed by atoms with E-state index in [1.807, 2.05) is 0 Å². The number of hydrogen-bond donors (Lipinski definition) is 3. The zero-order valence-electron chi connectivity index (χ0n) is 15.8. The largest absolute Gasteiger partial charge is 0.507 e. The minimum absolute atomic E-state index is 0.00993. The van der Waals surface area contributed by atoms with E-state index in [-0.39, 0.29) is 50.5 Å². The van der Waals surface area contributed by atoms with Crippen LogP contribution in [0.25, 0.3) is 0 Å². The zero-order chi connectivity index (χ0) is 22.0. The number of rotatable bonds is 5. The van der Waals surface area contributed by atoms with E-state index in [2.05, 4.69) is 5.32 Å². The maximum atomic E-state index is 12.7. The Bertz CT molecular complexity index is 999. The molecule has 0 bridgehead atoms. The molecule has 1 aliphatic rings. The smallest absolute Gasteiger partial charge is 0.394 e. The minimum atomic E-state index is -1.66. The molecule has 8 nitrogen and oxygen atoms in total. The lowest BCUT2D eigenvalue weighted by Crippen LogP contribution is -2.41. The number of halogens is 2. The molecule has 10 heteroatoms. The zero-order valence-corrected chi connectivity index (χ0v) is 17.3. The lowest BCUT2D eigenvalue weighted by atomic mass is 9.91. The third-order valence-electron chi connectivity index (χ3n) is 4.81. The van der Waals surface area contributed by atoms with Gasteiger partial charge < -0.3 is 25.2 Å². The van der Waals surface area contributed by atoms with Crippen LogP contribution in [0.3, 0.4) is 0 Å². The molecule has 0 aromatic heterocycles. The van der Waals surface area contributed by atoms with E-state index in [1.165, 1.54) is 30.3 Å². The van der Waals surface area contributed by atoms with Gasteiger partial charge in [-0.3, -0.25) is 9.59 Å². The van der Waals surface area contributed by atoms with Crippen LogP contribution < -0.4 is 10.1 Å². The molecule has 1 fully saturated rings. The first-order chi connectivity index (χ1) is 14.2. The highest BCUT2D eigenvalue weighted by Crippen LogP contribution is 2.40. The molecule has 30 heavy (non-hydrogen) atoms. The van der Waals surface area contributed by atoms with Gasteiger partial charge in [0.15, 0.2) is 5.75 Å². The number of carboxylic acid groups (broad SMARTS) is 1. The molecule has 2 aromatic rings. The van der Waals surface area contributed by atoms with Gasteiger partial charge in [0.1, 0.15) is 11.5 Å². The van der Waals surface area contributed by atoms with Gasteiger partial charge in [0, 0.05) is 18.8 Å². The Labute approximate surface area is 182 Å². The first-order valence-corrected chi connectivity index (χ1v) is 9.74. The van der Waals surface area contributed by atoms with E-state index in [9.17, 15) is 19.5 Å². The van der Waals surface area contributed by atoms with Crippen LogP contribution in [0.5, 0.6) is 17.2 Å². The molecule has 2 amide bonds. The molecule has 0 saturated heterocycles. The number of anilines is 1. The van der Waals surface area contributed by atoms with Crippen LogP contribution in [0.1, 0.15) is 29.6 Å². The average molecular weight is 453 g/mol. The number of nitrogens with one attached hydrogen (secondary N) is 1. The highest BCUT2D eigenvalue weighted by molar-refractivity contribution is 6.39. The second kappa shape index (κ2) is 8.81. The van der Waals surface area contributed by atoms with Crippen molar-refractivity contribution in [3.05, 3.63) is 45.9 Å². The van der Waals surface area contributed by atoms with Gasteiger partial charge in [0.05, 0.1) is 15.6 Å². The van der Waals surface area contributed by atoms with Crippen LogP contribution in [0, 0.1) is 0 Å². The summed E-state index contributed by atoms with van der Waals surface area (Å²) in [5, 5.41) is 20.9. The molecule has 0 aliphatic heterocycles. The van der Waals surface area contributed by atoms with Crippen molar-refractivity contribution in [2.45, 2.75) is 25.3 Å². The number of aromatic hydroxyl groups is 1. The van der Waals surface area contributed by atoms with Crippen molar-refractivity contribution < 1.29 is 29.3 Å². The van der Waals surface area contributed by atoms with Crippen LogP contribution in [-0.4, -0.2) is 46.0 Å². The van der Waals surface area contributed by atoms with Crippen LogP contribution in [0.15, 0.2) is 30.3 Å². The maximum Gasteiger partial charge on any atom is 0.394 e. The Morgan fingerprint density at radius 1 is 1.13 bits per heavy atom. The molecule has 1 aliphatic carbocycles. The number of phenols is 1. The Morgan fingerprint density at radius 3 is 2.30 bits per heavy atom. The predicted molar refractivity (Wildman–Crippen MR) is 111 cm³/mol. The molecule has 0 unspecified atom stereocenters. The van der Waals surface area contributed by atoms with Gasteiger partial charge in [0.25, 0.3) is 5.91 Å². The van der Waals surface area contributed by atoms with Crippen molar-refractivity contribution in [3.63, 3.8) is 0 Å². The lowest BCUT2D eigenvalue weighted by molar-refractivity contribution is -0.147. The number of carbonyl (C=O) groups is 3. The predicted octanol–water partition coefficient (Wildman–Crippen LogP) is 4.14. The van der Waals surface area contributed by atoms with Crippen molar-refractivity contribution in [1.29, 1.82) is 0 Å². The van der Waals surface area contributed by atoms with Gasteiger partial charge in [-0.25, -0.2) is 4.79 Å². The number of benzene rings is 2. The number of hydrogen-bond acceptors (Lipinski definition) is 5. The number of aliphatic carboxylic acids is 1. The summed E-state index contributed by atoms with van der Waals surface area (Å²) in [6.07, 6.45) is 2.92. The molecule has 0 radical (unpaired) electrons. The molecule has 0 atom stereocenters. The maximum absolute atomic E-state index is 12.7. The van der Waals surface area contributed by atoms with Gasteiger partial charge in [-0.2, -0.15) is 0 Å². The average Bonchev–Trinajstić information content (AvgIpc) is 2.63. The van der Waals surface area contributed by atoms with E-state index in [4.69, 9.17) is 33.0 Å². The van der Waals surface area contributed by atoms with Gasteiger partial charge in [-0.05, 0) is 49.6 Å². The van der Waals surface area contributed by atoms with Crippen molar-refractivity contribution in [3.8, 4) is 17.2 Å². The standard InChI is InChI=1S/C20H18Cl2N2O6/c1-24(11-3-2-4-11)19(27)13-9-12(5-6-16(13)25)30-17-14(21)7-10(8-15(17)22)23-18(26)20(28)29/h5-9,11,25H,2-4H2,1H3,(H,23,26)(H,28,29). The van der Waals surface area contributed by atoms with Crippen molar-refractivity contribution in [2.75, 3.05) is 12.4 Å². The van der Waals surface area contributed by atoms with E-state index in [1.54, 1.807) is 11.9 Å². The highest BCUT2D eigenvalue weighted by Gasteiger charge is 2.28. The first-order valence-electron chi connectivity index (χ1n) is 8.98. The summed E-state index contributed by atoms with van der Waals surface area (Å²) in [5.74, 6) is -3.15. The molecule has 158 valence electrons. The summed E-state index contributed by atoms with van der Waals surface area (Å²) in [4.78, 5) is 36.3. The summed E-state index contributed by atoms with van der Waals surface area (Å²) < 4.78 is 5.70. The van der Waals surface area contributed by atoms with E-state index < -0.39 is 11.9 Å². The Kier molecular flexibility index (Phi) is 6.38.